The van der Waals surface area contributed by atoms with Gasteiger partial charge in [0, 0.05) is 31.1 Å². The summed E-state index contributed by atoms with van der Waals surface area (Å²) in [5.41, 5.74) is 1.13. The zero-order valence-corrected chi connectivity index (χ0v) is 25.6. The van der Waals surface area contributed by atoms with E-state index in [4.69, 9.17) is 19.0 Å². The molecule has 0 bridgehead atoms. The summed E-state index contributed by atoms with van der Waals surface area (Å²) in [6.07, 6.45) is 10.2. The van der Waals surface area contributed by atoms with E-state index in [9.17, 15) is 4.79 Å². The summed E-state index contributed by atoms with van der Waals surface area (Å²) in [4.78, 5) is 21.8. The maximum absolute atomic E-state index is 13.6. The number of amides is 1. The van der Waals surface area contributed by atoms with Gasteiger partial charge in [-0.1, -0.05) is 67.0 Å². The van der Waals surface area contributed by atoms with Crippen LogP contribution in [0.25, 0.3) is 0 Å². The molecule has 2 fully saturated rings. The lowest BCUT2D eigenvalue weighted by molar-refractivity contribution is -0.187. The number of unbranched alkanes of at least 4 members (excludes halogenated alkanes) is 1. The van der Waals surface area contributed by atoms with Crippen LogP contribution < -0.4 is 0 Å². The standard InChI is InChI=1S/C32H52N2O5/c1-10-13-14-34(39-15-11-2)30(35)20-33-19-26(24-16-28(36-9)31-29(17-24)37-21-38-31)25(12-3)27(33)18-32(7,8)23(6)22(4)5/h12,17-18,22-26H,3,10-11,13-16,19-21H2,1-2,4-9H3/b27-18+/t23?,24?,25-,26-/m1/s1. The number of carbonyl (C=O) groups is 1. The molecule has 3 aliphatic rings. The van der Waals surface area contributed by atoms with Crippen LogP contribution >= 0.6 is 0 Å². The number of hydrogen-bond donors (Lipinski definition) is 0. The van der Waals surface area contributed by atoms with Crippen molar-refractivity contribution < 1.29 is 23.8 Å². The molecule has 220 valence electrons. The molecule has 39 heavy (non-hydrogen) atoms. The first-order chi connectivity index (χ1) is 18.6. The monoisotopic (exact) mass is 544 g/mol. The van der Waals surface area contributed by atoms with Crippen LogP contribution in [-0.4, -0.2) is 56.0 Å². The molecule has 0 spiro atoms. The highest BCUT2D eigenvalue weighted by Crippen LogP contribution is 2.47. The predicted octanol–water partition coefficient (Wildman–Crippen LogP) is 6.66. The van der Waals surface area contributed by atoms with Gasteiger partial charge in [-0.05, 0) is 48.0 Å². The van der Waals surface area contributed by atoms with Gasteiger partial charge in [0.05, 0.1) is 20.3 Å². The highest BCUT2D eigenvalue weighted by atomic mass is 16.7. The second-order valence-corrected chi connectivity index (χ2v) is 12.2. The van der Waals surface area contributed by atoms with E-state index in [1.807, 2.05) is 0 Å². The van der Waals surface area contributed by atoms with Gasteiger partial charge in [-0.2, -0.15) is 0 Å². The van der Waals surface area contributed by atoms with Crippen LogP contribution in [0.1, 0.15) is 74.1 Å². The van der Waals surface area contributed by atoms with Crippen molar-refractivity contribution >= 4 is 5.91 Å². The second kappa shape index (κ2) is 13.8. The van der Waals surface area contributed by atoms with Crippen LogP contribution in [0.2, 0.25) is 0 Å². The van der Waals surface area contributed by atoms with Crippen molar-refractivity contribution in [3.05, 3.63) is 47.8 Å². The SMILES string of the molecule is C=C[C@H]1/C(=C\C(C)(C)C(C)C(C)C)N(CC(=O)N(CCCC)OCCC)C[C@@H]1C1C=C2OCOC2=C(OC)C1. The average molecular weight is 545 g/mol. The van der Waals surface area contributed by atoms with E-state index in [0.717, 1.165) is 49.5 Å². The summed E-state index contributed by atoms with van der Waals surface area (Å²) >= 11 is 0. The minimum atomic E-state index is -0.0558. The highest BCUT2D eigenvalue weighted by Gasteiger charge is 2.44. The van der Waals surface area contributed by atoms with Crippen LogP contribution in [-0.2, 0) is 23.8 Å². The summed E-state index contributed by atoms with van der Waals surface area (Å²) in [5.74, 6) is 3.80. The Balaban J connectivity index is 1.96. The van der Waals surface area contributed by atoms with E-state index < -0.39 is 0 Å². The zero-order chi connectivity index (χ0) is 28.7. The van der Waals surface area contributed by atoms with Gasteiger partial charge in [-0.15, -0.1) is 6.58 Å². The van der Waals surface area contributed by atoms with Gasteiger partial charge in [0.15, 0.2) is 5.76 Å². The van der Waals surface area contributed by atoms with Gasteiger partial charge in [-0.25, -0.2) is 5.06 Å². The van der Waals surface area contributed by atoms with Gasteiger partial charge in [0.1, 0.15) is 5.76 Å². The number of carbonyl (C=O) groups excluding carboxylic acids is 1. The van der Waals surface area contributed by atoms with Crippen LogP contribution in [0.4, 0.5) is 0 Å². The van der Waals surface area contributed by atoms with E-state index in [2.05, 4.69) is 78.2 Å². The first-order valence-corrected chi connectivity index (χ1v) is 14.9. The number of ether oxygens (including phenoxy) is 3. The summed E-state index contributed by atoms with van der Waals surface area (Å²) in [5, 5.41) is 1.59. The van der Waals surface area contributed by atoms with Crippen molar-refractivity contribution in [1.29, 1.82) is 0 Å². The molecule has 0 aromatic heterocycles. The first-order valence-electron chi connectivity index (χ1n) is 14.9. The molecule has 2 aliphatic heterocycles. The Morgan fingerprint density at radius 3 is 2.62 bits per heavy atom. The van der Waals surface area contributed by atoms with Crippen molar-refractivity contribution in [2.75, 3.05) is 40.1 Å². The maximum atomic E-state index is 13.6. The van der Waals surface area contributed by atoms with Crippen molar-refractivity contribution in [2.45, 2.75) is 74.1 Å². The summed E-state index contributed by atoms with van der Waals surface area (Å²) in [7, 11) is 1.69. The third-order valence-corrected chi connectivity index (χ3v) is 8.79. The molecule has 0 radical (unpaired) electrons. The van der Waals surface area contributed by atoms with Gasteiger partial charge < -0.3 is 19.1 Å². The van der Waals surface area contributed by atoms with Crippen molar-refractivity contribution in [3.8, 4) is 0 Å². The molecule has 2 heterocycles. The number of rotatable bonds is 14. The van der Waals surface area contributed by atoms with Gasteiger partial charge >= 0.3 is 0 Å². The Bertz CT molecular complexity index is 942. The molecular formula is C32H52N2O5. The Morgan fingerprint density at radius 1 is 1.26 bits per heavy atom. The van der Waals surface area contributed by atoms with E-state index in [1.54, 1.807) is 12.2 Å². The molecule has 0 saturated carbocycles. The molecule has 7 nitrogen and oxygen atoms in total. The molecule has 1 amide bonds. The average Bonchev–Trinajstić information content (AvgIpc) is 3.51. The normalized spacial score (nSPS) is 24.8. The van der Waals surface area contributed by atoms with Crippen molar-refractivity contribution in [2.24, 2.45) is 35.0 Å². The number of fused-ring (bicyclic) bond motifs is 1. The smallest absolute Gasteiger partial charge is 0.265 e. The molecule has 0 aromatic carbocycles. The number of hydrogen-bond acceptors (Lipinski definition) is 6. The molecule has 3 rings (SSSR count). The Kier molecular flexibility index (Phi) is 11.0. The lowest BCUT2D eigenvalue weighted by Gasteiger charge is -2.35. The summed E-state index contributed by atoms with van der Waals surface area (Å²) in [6, 6.07) is 0. The first kappa shape index (κ1) is 31.1. The Hall–Kier alpha value is -2.41. The largest absolute Gasteiger partial charge is 0.497 e. The summed E-state index contributed by atoms with van der Waals surface area (Å²) < 4.78 is 17.2. The van der Waals surface area contributed by atoms with Crippen molar-refractivity contribution in [3.63, 3.8) is 0 Å². The molecule has 0 N–H and O–H groups in total. The van der Waals surface area contributed by atoms with E-state index >= 15 is 0 Å². The lowest BCUT2D eigenvalue weighted by Crippen LogP contribution is -2.40. The predicted molar refractivity (Wildman–Crippen MR) is 155 cm³/mol. The number of allylic oxidation sites excluding steroid dienone is 4. The second-order valence-electron chi connectivity index (χ2n) is 12.2. The molecule has 0 aromatic rings. The number of hydroxylamine groups is 2. The van der Waals surface area contributed by atoms with E-state index in [1.165, 1.54) is 5.70 Å². The molecule has 4 atom stereocenters. The molecular weight excluding hydrogens is 492 g/mol. The number of likely N-dealkylation sites (tertiary alicyclic amines) is 1. The highest BCUT2D eigenvalue weighted by molar-refractivity contribution is 5.77. The van der Waals surface area contributed by atoms with Gasteiger partial charge in [0.25, 0.3) is 5.91 Å². The topological polar surface area (TPSA) is 60.5 Å². The molecule has 2 unspecified atom stereocenters. The minimum absolute atomic E-state index is 0.00950. The fourth-order valence-corrected chi connectivity index (χ4v) is 5.96. The van der Waals surface area contributed by atoms with Crippen LogP contribution in [0, 0.1) is 35.0 Å². The Labute approximate surface area is 236 Å². The fourth-order valence-electron chi connectivity index (χ4n) is 5.96. The zero-order valence-electron chi connectivity index (χ0n) is 25.6. The fraction of sp³-hybridized carbons (Fsp3) is 0.719. The van der Waals surface area contributed by atoms with Crippen LogP contribution in [0.15, 0.2) is 47.8 Å². The van der Waals surface area contributed by atoms with Crippen molar-refractivity contribution in [1.82, 2.24) is 9.96 Å². The molecule has 7 heteroatoms. The number of methoxy groups -OCH3 is 1. The number of nitrogens with zero attached hydrogens (tertiary/aromatic N) is 2. The third kappa shape index (κ3) is 7.22. The maximum Gasteiger partial charge on any atom is 0.265 e. The molecule has 1 aliphatic carbocycles. The van der Waals surface area contributed by atoms with Crippen LogP contribution in [0.3, 0.4) is 0 Å². The van der Waals surface area contributed by atoms with E-state index in [0.29, 0.717) is 25.0 Å². The Morgan fingerprint density at radius 2 is 2.00 bits per heavy atom. The third-order valence-electron chi connectivity index (χ3n) is 8.79. The van der Waals surface area contributed by atoms with Gasteiger partial charge in [0.2, 0.25) is 12.6 Å². The quantitative estimate of drug-likeness (QED) is 0.180. The summed E-state index contributed by atoms with van der Waals surface area (Å²) in [6.45, 7) is 22.4. The van der Waals surface area contributed by atoms with Crippen LogP contribution in [0.5, 0.6) is 0 Å². The molecule has 2 saturated heterocycles. The minimum Gasteiger partial charge on any atom is -0.497 e. The lowest BCUT2D eigenvalue weighted by atomic mass is 9.72. The van der Waals surface area contributed by atoms with Gasteiger partial charge in [-0.3, -0.25) is 9.63 Å². The van der Waals surface area contributed by atoms with E-state index in [-0.39, 0.29) is 42.4 Å².